The normalized spacial score (nSPS) is 14.8. The minimum atomic E-state index is -0.528. The summed E-state index contributed by atoms with van der Waals surface area (Å²) < 4.78 is 16.8. The van der Waals surface area contributed by atoms with Crippen LogP contribution in [0.5, 0.6) is 17.2 Å². The van der Waals surface area contributed by atoms with Crippen molar-refractivity contribution in [1.29, 1.82) is 0 Å². The summed E-state index contributed by atoms with van der Waals surface area (Å²) in [5.41, 5.74) is 3.48. The van der Waals surface area contributed by atoms with E-state index in [1.54, 1.807) is 32.2 Å². The lowest BCUT2D eigenvalue weighted by molar-refractivity contribution is -0.132. The molecule has 2 heterocycles. The van der Waals surface area contributed by atoms with Gasteiger partial charge in [-0.25, -0.2) is 5.01 Å². The molecule has 4 aromatic rings. The number of hydrogen-bond donors (Lipinski definition) is 1. The van der Waals surface area contributed by atoms with Crippen molar-refractivity contribution in [2.45, 2.75) is 25.8 Å². The summed E-state index contributed by atoms with van der Waals surface area (Å²) in [5.74, 6) is 1.17. The first kappa shape index (κ1) is 26.3. The number of benzene rings is 3. The molecule has 0 aliphatic carbocycles. The van der Waals surface area contributed by atoms with Gasteiger partial charge in [-0.2, -0.15) is 5.10 Å². The first-order valence-electron chi connectivity index (χ1n) is 12.5. The van der Waals surface area contributed by atoms with E-state index in [0.717, 1.165) is 10.9 Å². The zero-order valence-electron chi connectivity index (χ0n) is 22.1. The maximum Gasteiger partial charge on any atom is 0.258 e. The molecule has 39 heavy (non-hydrogen) atoms. The minimum absolute atomic E-state index is 0.187. The van der Waals surface area contributed by atoms with Crippen LogP contribution in [0, 0.1) is 0 Å². The van der Waals surface area contributed by atoms with Gasteiger partial charge in [0.25, 0.3) is 5.56 Å². The highest BCUT2D eigenvalue weighted by atomic mass is 35.5. The number of methoxy groups -OCH3 is 3. The van der Waals surface area contributed by atoms with Gasteiger partial charge in [-0.15, -0.1) is 0 Å². The SMILES string of the molecule is CCC(=O)N1N=C(c2c(-c3ccccc3)c3cc(Cl)ccc3[nH]c2=O)C[C@H]1c1ccc(OC)c(OC)c1OC. The van der Waals surface area contributed by atoms with E-state index < -0.39 is 6.04 Å². The maximum atomic E-state index is 13.7. The highest BCUT2D eigenvalue weighted by molar-refractivity contribution is 6.31. The Labute approximate surface area is 230 Å². The van der Waals surface area contributed by atoms with Gasteiger partial charge >= 0.3 is 0 Å². The molecule has 3 aromatic carbocycles. The third-order valence-electron chi connectivity index (χ3n) is 6.89. The molecule has 0 unspecified atom stereocenters. The fraction of sp³-hybridized carbons (Fsp3) is 0.233. The van der Waals surface area contributed by atoms with Crippen molar-refractivity contribution in [3.8, 4) is 28.4 Å². The number of hydrogen-bond acceptors (Lipinski definition) is 6. The largest absolute Gasteiger partial charge is 0.493 e. The number of rotatable bonds is 7. The number of pyridine rings is 1. The molecular formula is C30H28ClN3O5. The molecule has 0 saturated carbocycles. The van der Waals surface area contributed by atoms with Crippen molar-refractivity contribution in [3.05, 3.63) is 87.2 Å². The molecule has 1 N–H and O–H groups in total. The molecule has 9 heteroatoms. The Morgan fingerprint density at radius 3 is 2.41 bits per heavy atom. The number of halogens is 1. The lowest BCUT2D eigenvalue weighted by Gasteiger charge is -2.24. The van der Waals surface area contributed by atoms with Gasteiger partial charge in [0, 0.05) is 39.9 Å². The summed E-state index contributed by atoms with van der Waals surface area (Å²) in [6, 6.07) is 18.1. The van der Waals surface area contributed by atoms with Gasteiger partial charge in [-0.1, -0.05) is 48.9 Å². The number of aromatic nitrogens is 1. The highest BCUT2D eigenvalue weighted by Gasteiger charge is 2.37. The summed E-state index contributed by atoms with van der Waals surface area (Å²) in [6.07, 6.45) is 0.519. The van der Waals surface area contributed by atoms with Crippen molar-refractivity contribution in [3.63, 3.8) is 0 Å². The average molecular weight is 546 g/mol. The molecule has 200 valence electrons. The number of H-pyrrole nitrogens is 1. The van der Waals surface area contributed by atoms with Crippen LogP contribution >= 0.6 is 11.6 Å². The number of amides is 1. The van der Waals surface area contributed by atoms with E-state index in [-0.39, 0.29) is 24.3 Å². The summed E-state index contributed by atoms with van der Waals surface area (Å²) >= 11 is 6.39. The number of fused-ring (bicyclic) bond motifs is 1. The van der Waals surface area contributed by atoms with Crippen LogP contribution in [0.3, 0.4) is 0 Å². The van der Waals surface area contributed by atoms with Gasteiger partial charge in [-0.3, -0.25) is 9.59 Å². The minimum Gasteiger partial charge on any atom is -0.493 e. The zero-order valence-corrected chi connectivity index (χ0v) is 22.8. The van der Waals surface area contributed by atoms with Crippen LogP contribution in [0.4, 0.5) is 0 Å². The summed E-state index contributed by atoms with van der Waals surface area (Å²) in [6.45, 7) is 1.78. The van der Waals surface area contributed by atoms with E-state index in [4.69, 9.17) is 30.9 Å². The molecule has 0 fully saturated rings. The van der Waals surface area contributed by atoms with Gasteiger partial charge in [0.2, 0.25) is 11.7 Å². The number of nitrogens with one attached hydrogen (secondary N) is 1. The molecule has 0 radical (unpaired) electrons. The molecule has 0 bridgehead atoms. The smallest absolute Gasteiger partial charge is 0.258 e. The first-order valence-corrected chi connectivity index (χ1v) is 12.9. The van der Waals surface area contributed by atoms with Crippen LogP contribution in [-0.2, 0) is 4.79 Å². The average Bonchev–Trinajstić information content (AvgIpc) is 3.40. The van der Waals surface area contributed by atoms with Crippen LogP contribution in [0.15, 0.2) is 70.6 Å². The summed E-state index contributed by atoms with van der Waals surface area (Å²) in [5, 5.41) is 7.52. The quantitative estimate of drug-likeness (QED) is 0.309. The Hall–Kier alpha value is -4.30. The monoisotopic (exact) mass is 545 g/mol. The second-order valence-corrected chi connectivity index (χ2v) is 9.48. The van der Waals surface area contributed by atoms with Crippen molar-refractivity contribution < 1.29 is 19.0 Å². The topological polar surface area (TPSA) is 93.2 Å². The second kappa shape index (κ2) is 10.8. The van der Waals surface area contributed by atoms with Crippen molar-refractivity contribution in [1.82, 2.24) is 9.99 Å². The summed E-state index contributed by atoms with van der Waals surface area (Å²) in [7, 11) is 4.61. The Bertz CT molecular complexity index is 1650. The lowest BCUT2D eigenvalue weighted by Crippen LogP contribution is -2.26. The second-order valence-electron chi connectivity index (χ2n) is 9.04. The van der Waals surface area contributed by atoms with E-state index in [2.05, 4.69) is 4.98 Å². The number of hydrazone groups is 1. The standard InChI is InChI=1S/C30H28ClN3O5/c1-5-25(35)34-23(19-12-14-24(37-2)29(39-4)28(19)38-3)16-22(33-34)27-26(17-9-7-6-8-10-17)20-15-18(31)11-13-21(20)32-30(27)36/h6-15,23H,5,16H2,1-4H3,(H,32,36)/t23-/m0/s1. The van der Waals surface area contributed by atoms with E-state index >= 15 is 0 Å². The number of carbonyl (C=O) groups is 1. The van der Waals surface area contributed by atoms with Gasteiger partial charge in [-0.05, 0) is 35.9 Å². The van der Waals surface area contributed by atoms with Gasteiger partial charge in [0.05, 0.1) is 38.6 Å². The maximum absolute atomic E-state index is 13.7. The molecule has 1 amide bonds. The third kappa shape index (κ3) is 4.61. The lowest BCUT2D eigenvalue weighted by atomic mass is 9.90. The molecule has 1 aliphatic heterocycles. The predicted octanol–water partition coefficient (Wildman–Crippen LogP) is 5.96. The Morgan fingerprint density at radius 2 is 1.74 bits per heavy atom. The van der Waals surface area contributed by atoms with E-state index in [1.165, 1.54) is 19.2 Å². The Balaban J connectivity index is 1.74. The molecule has 1 aromatic heterocycles. The molecule has 5 rings (SSSR count). The van der Waals surface area contributed by atoms with Crippen LogP contribution in [0.25, 0.3) is 22.0 Å². The van der Waals surface area contributed by atoms with Gasteiger partial charge in [0.1, 0.15) is 0 Å². The molecular weight excluding hydrogens is 518 g/mol. The van der Waals surface area contributed by atoms with Crippen LogP contribution in [0.1, 0.15) is 36.9 Å². The van der Waals surface area contributed by atoms with Crippen molar-refractivity contribution in [2.75, 3.05) is 21.3 Å². The fourth-order valence-electron chi connectivity index (χ4n) is 5.13. The number of nitrogens with zero attached hydrogens (tertiary/aromatic N) is 2. The Kier molecular flexibility index (Phi) is 7.30. The highest BCUT2D eigenvalue weighted by Crippen LogP contribution is 2.46. The summed E-state index contributed by atoms with van der Waals surface area (Å²) in [4.78, 5) is 29.8. The number of carbonyl (C=O) groups excluding carboxylic acids is 1. The van der Waals surface area contributed by atoms with Gasteiger partial charge < -0.3 is 19.2 Å². The van der Waals surface area contributed by atoms with E-state index in [0.29, 0.717) is 50.2 Å². The van der Waals surface area contributed by atoms with Crippen LogP contribution < -0.4 is 19.8 Å². The molecule has 1 aliphatic rings. The van der Waals surface area contributed by atoms with Crippen LogP contribution in [0.2, 0.25) is 5.02 Å². The Morgan fingerprint density at radius 1 is 1.00 bits per heavy atom. The van der Waals surface area contributed by atoms with E-state index in [9.17, 15) is 9.59 Å². The van der Waals surface area contributed by atoms with Crippen molar-refractivity contribution in [2.24, 2.45) is 5.10 Å². The molecule has 1 atom stereocenters. The fourth-order valence-corrected chi connectivity index (χ4v) is 5.30. The van der Waals surface area contributed by atoms with Crippen molar-refractivity contribution >= 4 is 34.1 Å². The molecule has 8 nitrogen and oxygen atoms in total. The first-order chi connectivity index (χ1) is 18.9. The number of ether oxygens (including phenoxy) is 3. The molecule has 0 saturated heterocycles. The predicted molar refractivity (Wildman–Crippen MR) is 152 cm³/mol. The zero-order chi connectivity index (χ0) is 27.7. The van der Waals surface area contributed by atoms with Gasteiger partial charge in [0.15, 0.2) is 11.5 Å². The number of aromatic amines is 1. The van der Waals surface area contributed by atoms with E-state index in [1.807, 2.05) is 42.5 Å². The molecule has 0 spiro atoms. The van der Waals surface area contributed by atoms with Crippen LogP contribution in [-0.4, -0.2) is 42.9 Å². The third-order valence-corrected chi connectivity index (χ3v) is 7.12.